The molecule has 5 heteroatoms. The molecule has 0 aromatic heterocycles. The number of hydrogen-bond acceptors (Lipinski definition) is 2. The molecule has 0 heterocycles. The zero-order valence-electron chi connectivity index (χ0n) is 10.2. The summed E-state index contributed by atoms with van der Waals surface area (Å²) in [7, 11) is 1.58. The summed E-state index contributed by atoms with van der Waals surface area (Å²) in [4.78, 5) is 0. The minimum atomic E-state index is -0.449. The van der Waals surface area contributed by atoms with Gasteiger partial charge in [-0.1, -0.05) is 22.0 Å². The third-order valence-corrected chi connectivity index (χ3v) is 3.97. The minimum absolute atomic E-state index is 0.332. The van der Waals surface area contributed by atoms with Crippen molar-refractivity contribution in [3.05, 3.63) is 62.3 Å². The highest BCUT2D eigenvalue weighted by Gasteiger charge is 2.15. The summed E-state index contributed by atoms with van der Waals surface area (Å²) in [6.07, 6.45) is 0. The van der Waals surface area contributed by atoms with Crippen molar-refractivity contribution in [2.45, 2.75) is 6.04 Å². The van der Waals surface area contributed by atoms with Crippen molar-refractivity contribution in [1.29, 1.82) is 0 Å². The van der Waals surface area contributed by atoms with E-state index in [0.717, 1.165) is 10.0 Å². The standard InChI is InChI=1S/C14H12Br2FNO/c1-19-13-5-3-9(15)7-10(13)14(18)8-2-4-11(16)12(17)6-8/h2-7,14H,18H2,1H3. The van der Waals surface area contributed by atoms with Crippen molar-refractivity contribution >= 4 is 31.9 Å². The van der Waals surface area contributed by atoms with Crippen LogP contribution in [0.1, 0.15) is 17.2 Å². The maximum atomic E-state index is 13.6. The van der Waals surface area contributed by atoms with E-state index in [9.17, 15) is 4.39 Å². The first-order valence-corrected chi connectivity index (χ1v) is 7.15. The molecule has 0 radical (unpaired) electrons. The van der Waals surface area contributed by atoms with Crippen LogP contribution in [-0.2, 0) is 0 Å². The van der Waals surface area contributed by atoms with Crippen LogP contribution in [0.2, 0.25) is 0 Å². The molecule has 0 saturated heterocycles. The highest BCUT2D eigenvalue weighted by molar-refractivity contribution is 9.10. The second kappa shape index (κ2) is 6.03. The number of nitrogens with two attached hydrogens (primary N) is 1. The zero-order valence-corrected chi connectivity index (χ0v) is 13.3. The molecule has 0 bridgehead atoms. The average molecular weight is 389 g/mol. The Kier molecular flexibility index (Phi) is 4.60. The Balaban J connectivity index is 2.45. The second-order valence-electron chi connectivity index (χ2n) is 4.04. The topological polar surface area (TPSA) is 35.2 Å². The summed E-state index contributed by atoms with van der Waals surface area (Å²) in [5.41, 5.74) is 7.69. The van der Waals surface area contributed by atoms with E-state index < -0.39 is 6.04 Å². The van der Waals surface area contributed by atoms with Gasteiger partial charge >= 0.3 is 0 Å². The summed E-state index contributed by atoms with van der Waals surface area (Å²) >= 11 is 6.53. The summed E-state index contributed by atoms with van der Waals surface area (Å²) in [5, 5.41) is 0. The Bertz CT molecular complexity index is 604. The molecular formula is C14H12Br2FNO. The van der Waals surface area contributed by atoms with Crippen LogP contribution < -0.4 is 10.5 Å². The quantitative estimate of drug-likeness (QED) is 0.845. The van der Waals surface area contributed by atoms with Gasteiger partial charge in [0.2, 0.25) is 0 Å². The van der Waals surface area contributed by atoms with Crippen LogP contribution in [-0.4, -0.2) is 7.11 Å². The Morgan fingerprint density at radius 1 is 1.16 bits per heavy atom. The molecule has 2 aromatic rings. The fourth-order valence-corrected chi connectivity index (χ4v) is 2.46. The normalized spacial score (nSPS) is 12.3. The van der Waals surface area contributed by atoms with Gasteiger partial charge in [0.25, 0.3) is 0 Å². The predicted octanol–water partition coefficient (Wildman–Crippen LogP) is 4.41. The third-order valence-electron chi connectivity index (χ3n) is 2.83. The van der Waals surface area contributed by atoms with Gasteiger partial charge in [0, 0.05) is 10.0 Å². The van der Waals surface area contributed by atoms with E-state index >= 15 is 0 Å². The van der Waals surface area contributed by atoms with E-state index in [0.29, 0.717) is 15.8 Å². The molecule has 0 aliphatic rings. The molecule has 0 aliphatic carbocycles. The lowest BCUT2D eigenvalue weighted by molar-refractivity contribution is 0.407. The Morgan fingerprint density at radius 3 is 2.53 bits per heavy atom. The van der Waals surface area contributed by atoms with Crippen molar-refractivity contribution in [1.82, 2.24) is 0 Å². The Morgan fingerprint density at radius 2 is 1.89 bits per heavy atom. The SMILES string of the molecule is COc1ccc(Br)cc1C(N)c1ccc(Br)c(F)c1. The number of methoxy groups -OCH3 is 1. The smallest absolute Gasteiger partial charge is 0.137 e. The maximum Gasteiger partial charge on any atom is 0.137 e. The largest absolute Gasteiger partial charge is 0.496 e. The van der Waals surface area contributed by atoms with Gasteiger partial charge < -0.3 is 10.5 Å². The first-order valence-electron chi connectivity index (χ1n) is 5.57. The molecule has 1 unspecified atom stereocenters. The summed E-state index contributed by atoms with van der Waals surface area (Å²) < 4.78 is 20.2. The Labute approximate surface area is 128 Å². The predicted molar refractivity (Wildman–Crippen MR) is 80.8 cm³/mol. The van der Waals surface area contributed by atoms with Crippen molar-refractivity contribution < 1.29 is 9.13 Å². The Hall–Kier alpha value is -0.910. The highest BCUT2D eigenvalue weighted by atomic mass is 79.9. The van der Waals surface area contributed by atoms with Gasteiger partial charge in [-0.2, -0.15) is 0 Å². The molecule has 0 amide bonds. The molecule has 100 valence electrons. The molecule has 1 atom stereocenters. The monoisotopic (exact) mass is 387 g/mol. The summed E-state index contributed by atoms with van der Waals surface area (Å²) in [6.45, 7) is 0. The lowest BCUT2D eigenvalue weighted by atomic mass is 9.99. The van der Waals surface area contributed by atoms with Crippen LogP contribution in [0.25, 0.3) is 0 Å². The molecule has 0 aliphatic heterocycles. The third kappa shape index (κ3) is 3.16. The van der Waals surface area contributed by atoms with Crippen molar-refractivity contribution in [2.75, 3.05) is 7.11 Å². The zero-order chi connectivity index (χ0) is 14.0. The molecule has 0 saturated carbocycles. The molecule has 19 heavy (non-hydrogen) atoms. The van der Waals surface area contributed by atoms with Crippen LogP contribution in [0.5, 0.6) is 5.75 Å². The van der Waals surface area contributed by atoms with E-state index in [4.69, 9.17) is 10.5 Å². The average Bonchev–Trinajstić information content (AvgIpc) is 2.41. The van der Waals surface area contributed by atoms with Crippen LogP contribution in [0.4, 0.5) is 4.39 Å². The van der Waals surface area contributed by atoms with Crippen molar-refractivity contribution in [2.24, 2.45) is 5.73 Å². The van der Waals surface area contributed by atoms with Gasteiger partial charge in [0.15, 0.2) is 0 Å². The van der Waals surface area contributed by atoms with Gasteiger partial charge in [0.05, 0.1) is 17.6 Å². The van der Waals surface area contributed by atoms with Gasteiger partial charge in [-0.05, 0) is 51.8 Å². The van der Waals surface area contributed by atoms with Crippen LogP contribution in [0, 0.1) is 5.82 Å². The lowest BCUT2D eigenvalue weighted by Crippen LogP contribution is -2.13. The first-order chi connectivity index (χ1) is 9.02. The van der Waals surface area contributed by atoms with Gasteiger partial charge in [0.1, 0.15) is 11.6 Å². The van der Waals surface area contributed by atoms with Crippen molar-refractivity contribution in [3.63, 3.8) is 0 Å². The van der Waals surface area contributed by atoms with Gasteiger partial charge in [-0.25, -0.2) is 4.39 Å². The fraction of sp³-hybridized carbons (Fsp3) is 0.143. The second-order valence-corrected chi connectivity index (χ2v) is 5.81. The van der Waals surface area contributed by atoms with E-state index in [2.05, 4.69) is 31.9 Å². The molecular weight excluding hydrogens is 377 g/mol. The molecule has 0 spiro atoms. The van der Waals surface area contributed by atoms with E-state index in [1.807, 2.05) is 18.2 Å². The van der Waals surface area contributed by atoms with Gasteiger partial charge in [-0.15, -0.1) is 0 Å². The van der Waals surface area contributed by atoms with Crippen LogP contribution in [0.3, 0.4) is 0 Å². The molecule has 0 fully saturated rings. The molecule has 2 nitrogen and oxygen atoms in total. The number of rotatable bonds is 3. The number of halogens is 3. The summed E-state index contributed by atoms with van der Waals surface area (Å²) in [5.74, 6) is 0.348. The fourth-order valence-electron chi connectivity index (χ4n) is 1.83. The van der Waals surface area contributed by atoms with Crippen LogP contribution >= 0.6 is 31.9 Å². The highest BCUT2D eigenvalue weighted by Crippen LogP contribution is 2.32. The lowest BCUT2D eigenvalue weighted by Gasteiger charge is -2.17. The molecule has 2 aromatic carbocycles. The number of ether oxygens (including phenoxy) is 1. The first kappa shape index (κ1) is 14.5. The van der Waals surface area contributed by atoms with E-state index in [1.165, 1.54) is 6.07 Å². The van der Waals surface area contributed by atoms with E-state index in [1.54, 1.807) is 19.2 Å². The minimum Gasteiger partial charge on any atom is -0.496 e. The number of benzene rings is 2. The molecule has 2 N–H and O–H groups in total. The van der Waals surface area contributed by atoms with Gasteiger partial charge in [-0.3, -0.25) is 0 Å². The van der Waals surface area contributed by atoms with Crippen molar-refractivity contribution in [3.8, 4) is 5.75 Å². The number of hydrogen-bond donors (Lipinski definition) is 1. The van der Waals surface area contributed by atoms with E-state index in [-0.39, 0.29) is 5.82 Å². The molecule has 2 rings (SSSR count). The summed E-state index contributed by atoms with van der Waals surface area (Å²) in [6, 6.07) is 9.99. The van der Waals surface area contributed by atoms with Crippen LogP contribution in [0.15, 0.2) is 45.3 Å². The maximum absolute atomic E-state index is 13.6.